The first-order valence-electron chi connectivity index (χ1n) is 9.95. The fourth-order valence-electron chi connectivity index (χ4n) is 3.02. The van der Waals surface area contributed by atoms with Crippen LogP contribution in [0.1, 0.15) is 37.4 Å². The van der Waals surface area contributed by atoms with Crippen molar-refractivity contribution in [1.82, 2.24) is 0 Å². The molecule has 0 bridgehead atoms. The first kappa shape index (κ1) is 24.5. The molecule has 6 heteroatoms. The van der Waals surface area contributed by atoms with E-state index in [9.17, 15) is 9.59 Å². The van der Waals surface area contributed by atoms with E-state index in [1.54, 1.807) is 38.5 Å². The number of esters is 2. The number of hydrogen-bond acceptors (Lipinski definition) is 6. The second kappa shape index (κ2) is 12.2. The number of aryl methyl sites for hydroxylation is 1. The SMILES string of the molecule is COC(=O)c1ccc(C)c(OC)c1.COC(=O)c1ccc(Cc2ccccc2)c(OC)c1. The zero-order chi connectivity index (χ0) is 23.5. The summed E-state index contributed by atoms with van der Waals surface area (Å²) >= 11 is 0. The molecule has 0 aliphatic heterocycles. The Balaban J connectivity index is 0.000000244. The normalized spacial score (nSPS) is 9.78. The van der Waals surface area contributed by atoms with Gasteiger partial charge in [0, 0.05) is 6.42 Å². The van der Waals surface area contributed by atoms with Gasteiger partial charge in [-0.05, 0) is 47.9 Å². The molecule has 6 nitrogen and oxygen atoms in total. The van der Waals surface area contributed by atoms with Crippen molar-refractivity contribution in [3.05, 3.63) is 94.5 Å². The Morgan fingerprint density at radius 2 is 1.22 bits per heavy atom. The number of carbonyl (C=O) groups is 2. The highest BCUT2D eigenvalue weighted by Crippen LogP contribution is 2.23. The highest BCUT2D eigenvalue weighted by atomic mass is 16.5. The molecule has 0 saturated heterocycles. The molecule has 0 aromatic heterocycles. The van der Waals surface area contributed by atoms with Crippen molar-refractivity contribution in [3.63, 3.8) is 0 Å². The van der Waals surface area contributed by atoms with Crippen molar-refractivity contribution in [2.24, 2.45) is 0 Å². The van der Waals surface area contributed by atoms with Gasteiger partial charge in [-0.15, -0.1) is 0 Å². The predicted octanol–water partition coefficient (Wildman–Crippen LogP) is 4.86. The highest BCUT2D eigenvalue weighted by Gasteiger charge is 2.11. The lowest BCUT2D eigenvalue weighted by Gasteiger charge is -2.10. The number of ether oxygens (including phenoxy) is 4. The quantitative estimate of drug-likeness (QED) is 0.514. The largest absolute Gasteiger partial charge is 0.496 e. The van der Waals surface area contributed by atoms with Crippen LogP contribution in [0.25, 0.3) is 0 Å². The van der Waals surface area contributed by atoms with Gasteiger partial charge >= 0.3 is 11.9 Å². The average Bonchev–Trinajstić information content (AvgIpc) is 2.84. The van der Waals surface area contributed by atoms with Gasteiger partial charge in [0.1, 0.15) is 11.5 Å². The Hall–Kier alpha value is -3.80. The number of carbonyl (C=O) groups excluding carboxylic acids is 2. The maximum Gasteiger partial charge on any atom is 0.337 e. The molecule has 0 fully saturated rings. The lowest BCUT2D eigenvalue weighted by Crippen LogP contribution is -2.03. The standard InChI is InChI=1S/C16H16O3.C10H12O3/c1-18-15-11-14(16(17)19-2)9-8-13(15)10-12-6-4-3-5-7-12;1-7-4-5-8(10(11)13-3)6-9(7)12-2/h3-9,11H,10H2,1-2H3;4-6H,1-3H3. The fraction of sp³-hybridized carbons (Fsp3) is 0.231. The van der Waals surface area contributed by atoms with E-state index in [-0.39, 0.29) is 11.9 Å². The summed E-state index contributed by atoms with van der Waals surface area (Å²) < 4.78 is 19.7. The fourth-order valence-corrected chi connectivity index (χ4v) is 3.02. The van der Waals surface area contributed by atoms with Crippen molar-refractivity contribution in [3.8, 4) is 11.5 Å². The molecule has 0 N–H and O–H groups in total. The molecule has 0 aliphatic carbocycles. The first-order valence-corrected chi connectivity index (χ1v) is 9.95. The third-order valence-corrected chi connectivity index (χ3v) is 4.77. The molecule has 0 radical (unpaired) electrons. The van der Waals surface area contributed by atoms with Crippen molar-refractivity contribution in [2.75, 3.05) is 28.4 Å². The van der Waals surface area contributed by atoms with Crippen LogP contribution in [0.3, 0.4) is 0 Å². The molecule has 3 rings (SSSR count). The summed E-state index contributed by atoms with van der Waals surface area (Å²) in [6.45, 7) is 1.92. The Morgan fingerprint density at radius 1 is 0.688 bits per heavy atom. The van der Waals surface area contributed by atoms with Crippen LogP contribution in [0.4, 0.5) is 0 Å². The molecule has 3 aromatic carbocycles. The lowest BCUT2D eigenvalue weighted by molar-refractivity contribution is 0.0591. The van der Waals surface area contributed by atoms with E-state index in [0.717, 1.165) is 17.5 Å². The zero-order valence-electron chi connectivity index (χ0n) is 19.0. The molecule has 0 saturated carbocycles. The molecule has 0 unspecified atom stereocenters. The second-order valence-corrected chi connectivity index (χ2v) is 6.86. The van der Waals surface area contributed by atoms with Crippen LogP contribution in [0.2, 0.25) is 0 Å². The summed E-state index contributed by atoms with van der Waals surface area (Å²) in [5.41, 5.74) is 4.24. The number of rotatable bonds is 6. The van der Waals surface area contributed by atoms with Gasteiger partial charge in [-0.2, -0.15) is 0 Å². The highest BCUT2D eigenvalue weighted by molar-refractivity contribution is 5.90. The Kier molecular flexibility index (Phi) is 9.29. The Bertz CT molecular complexity index is 1040. The average molecular weight is 437 g/mol. The monoisotopic (exact) mass is 436 g/mol. The molecular weight excluding hydrogens is 408 g/mol. The van der Waals surface area contributed by atoms with E-state index in [4.69, 9.17) is 14.2 Å². The van der Waals surface area contributed by atoms with Gasteiger partial charge in [0.2, 0.25) is 0 Å². The third-order valence-electron chi connectivity index (χ3n) is 4.77. The van der Waals surface area contributed by atoms with Crippen LogP contribution < -0.4 is 9.47 Å². The van der Waals surface area contributed by atoms with Crippen molar-refractivity contribution < 1.29 is 28.5 Å². The van der Waals surface area contributed by atoms with E-state index < -0.39 is 0 Å². The van der Waals surface area contributed by atoms with E-state index in [1.807, 2.05) is 37.3 Å². The van der Waals surface area contributed by atoms with E-state index in [0.29, 0.717) is 22.6 Å². The second-order valence-electron chi connectivity index (χ2n) is 6.86. The van der Waals surface area contributed by atoms with Crippen molar-refractivity contribution >= 4 is 11.9 Å². The molecule has 168 valence electrons. The number of hydrogen-bond donors (Lipinski definition) is 0. The van der Waals surface area contributed by atoms with E-state index in [2.05, 4.69) is 16.9 Å². The van der Waals surface area contributed by atoms with Gasteiger partial charge in [0.15, 0.2) is 0 Å². The van der Waals surface area contributed by atoms with Gasteiger partial charge < -0.3 is 18.9 Å². The summed E-state index contributed by atoms with van der Waals surface area (Å²) in [5.74, 6) is 0.692. The first-order chi connectivity index (χ1) is 15.4. The van der Waals surface area contributed by atoms with Crippen LogP contribution in [0.5, 0.6) is 11.5 Å². The molecular formula is C26H28O6. The van der Waals surface area contributed by atoms with Crippen LogP contribution in [0.15, 0.2) is 66.7 Å². The molecule has 3 aromatic rings. The third kappa shape index (κ3) is 6.60. The maximum absolute atomic E-state index is 11.5. The van der Waals surface area contributed by atoms with Crippen LogP contribution >= 0.6 is 0 Å². The smallest absolute Gasteiger partial charge is 0.337 e. The minimum atomic E-state index is -0.357. The molecule has 0 amide bonds. The topological polar surface area (TPSA) is 71.1 Å². The summed E-state index contributed by atoms with van der Waals surface area (Å²) in [6, 6.07) is 20.7. The van der Waals surface area contributed by atoms with Gasteiger partial charge in [-0.3, -0.25) is 0 Å². The van der Waals surface area contributed by atoms with Crippen LogP contribution in [-0.2, 0) is 15.9 Å². The summed E-state index contributed by atoms with van der Waals surface area (Å²) in [6.07, 6.45) is 0.769. The maximum atomic E-state index is 11.5. The Labute approximate surface area is 188 Å². The Morgan fingerprint density at radius 3 is 1.75 bits per heavy atom. The van der Waals surface area contributed by atoms with E-state index in [1.165, 1.54) is 19.8 Å². The van der Waals surface area contributed by atoms with E-state index >= 15 is 0 Å². The predicted molar refractivity (Wildman–Crippen MR) is 123 cm³/mol. The van der Waals surface area contributed by atoms with Crippen molar-refractivity contribution in [2.45, 2.75) is 13.3 Å². The number of benzene rings is 3. The molecule has 0 atom stereocenters. The van der Waals surface area contributed by atoms with Gasteiger partial charge in [-0.25, -0.2) is 9.59 Å². The number of methoxy groups -OCH3 is 4. The summed E-state index contributed by atoms with van der Waals surface area (Å²) in [4.78, 5) is 22.6. The minimum absolute atomic E-state index is 0.349. The summed E-state index contributed by atoms with van der Waals surface area (Å²) in [5, 5.41) is 0. The summed E-state index contributed by atoms with van der Waals surface area (Å²) in [7, 11) is 5.90. The minimum Gasteiger partial charge on any atom is -0.496 e. The van der Waals surface area contributed by atoms with Crippen LogP contribution in [-0.4, -0.2) is 40.4 Å². The van der Waals surface area contributed by atoms with Gasteiger partial charge in [0.05, 0.1) is 39.6 Å². The molecule has 0 heterocycles. The van der Waals surface area contributed by atoms with Crippen LogP contribution in [0, 0.1) is 6.92 Å². The molecule has 0 aliphatic rings. The molecule has 32 heavy (non-hydrogen) atoms. The zero-order valence-corrected chi connectivity index (χ0v) is 19.0. The van der Waals surface area contributed by atoms with Gasteiger partial charge in [-0.1, -0.05) is 42.5 Å². The molecule has 0 spiro atoms. The van der Waals surface area contributed by atoms with Crippen molar-refractivity contribution in [1.29, 1.82) is 0 Å². The lowest BCUT2D eigenvalue weighted by atomic mass is 10.0. The van der Waals surface area contributed by atoms with Gasteiger partial charge in [0.25, 0.3) is 0 Å².